The molecule has 0 radical (unpaired) electrons. The largest absolute Gasteiger partial charge is 0.467 e. The minimum absolute atomic E-state index is 0.0430. The molecule has 1 unspecified atom stereocenters. The quantitative estimate of drug-likeness (QED) is 0.826. The molecule has 1 aromatic heterocycles. The summed E-state index contributed by atoms with van der Waals surface area (Å²) in [5, 5.41) is 9.85. The summed E-state index contributed by atoms with van der Waals surface area (Å²) >= 11 is 0. The number of aliphatic hydroxyl groups excluding tert-OH is 1. The number of hydrogen-bond acceptors (Lipinski definition) is 3. The maximum Gasteiger partial charge on any atom is 0.418 e. The van der Waals surface area contributed by atoms with Crippen LogP contribution in [0.1, 0.15) is 17.4 Å². The molecule has 0 bridgehead atoms. The van der Waals surface area contributed by atoms with Crippen molar-refractivity contribution >= 4 is 16.9 Å². The number of fused-ring (bicyclic) bond motifs is 1. The van der Waals surface area contributed by atoms with E-state index in [2.05, 4.69) is 9.72 Å². The van der Waals surface area contributed by atoms with E-state index in [0.717, 1.165) is 13.2 Å². The lowest BCUT2D eigenvalue weighted by Crippen LogP contribution is -2.13. The van der Waals surface area contributed by atoms with Gasteiger partial charge in [-0.1, -0.05) is 12.1 Å². The van der Waals surface area contributed by atoms with E-state index < -0.39 is 23.8 Å². The van der Waals surface area contributed by atoms with Crippen LogP contribution in [0.3, 0.4) is 0 Å². The smallest absolute Gasteiger partial charge is 0.418 e. The second-order valence-electron chi connectivity index (χ2n) is 3.92. The van der Waals surface area contributed by atoms with Crippen molar-refractivity contribution < 1.29 is 27.8 Å². The summed E-state index contributed by atoms with van der Waals surface area (Å²) in [5.74, 6) is -0.944. The zero-order chi connectivity index (χ0) is 14.2. The highest BCUT2D eigenvalue weighted by Gasteiger charge is 2.33. The van der Waals surface area contributed by atoms with E-state index in [9.17, 15) is 23.1 Å². The van der Waals surface area contributed by atoms with Gasteiger partial charge in [0.1, 0.15) is 0 Å². The molecule has 0 aliphatic carbocycles. The molecule has 1 heterocycles. The Morgan fingerprint density at radius 1 is 1.42 bits per heavy atom. The Kier molecular flexibility index (Phi) is 3.23. The van der Waals surface area contributed by atoms with Gasteiger partial charge in [0.2, 0.25) is 0 Å². The summed E-state index contributed by atoms with van der Waals surface area (Å²) in [4.78, 5) is 13.6. The second kappa shape index (κ2) is 4.58. The molecular weight excluding hydrogens is 263 g/mol. The zero-order valence-corrected chi connectivity index (χ0v) is 9.78. The molecule has 2 rings (SSSR count). The number of ether oxygens (including phenoxy) is 1. The number of carbonyl (C=O) groups excluding carboxylic acids is 1. The van der Waals surface area contributed by atoms with E-state index in [1.54, 1.807) is 0 Å². The average molecular weight is 273 g/mol. The molecule has 1 atom stereocenters. The predicted molar refractivity (Wildman–Crippen MR) is 60.3 cm³/mol. The number of para-hydroxylation sites is 1. The van der Waals surface area contributed by atoms with Gasteiger partial charge >= 0.3 is 12.1 Å². The average Bonchev–Trinajstić information content (AvgIpc) is 2.78. The third-order valence-electron chi connectivity index (χ3n) is 2.70. The highest BCUT2D eigenvalue weighted by molar-refractivity contribution is 5.86. The third kappa shape index (κ3) is 2.41. The van der Waals surface area contributed by atoms with Crippen molar-refractivity contribution in [3.05, 3.63) is 35.5 Å². The number of aromatic nitrogens is 1. The van der Waals surface area contributed by atoms with Crippen LogP contribution in [0.4, 0.5) is 13.2 Å². The Hall–Kier alpha value is -2.02. The Morgan fingerprint density at radius 2 is 2.11 bits per heavy atom. The number of benzene rings is 1. The summed E-state index contributed by atoms with van der Waals surface area (Å²) in [5.41, 5.74) is -1.07. The van der Waals surface area contributed by atoms with Crippen LogP contribution in [-0.2, 0) is 15.7 Å². The van der Waals surface area contributed by atoms with Crippen LogP contribution in [0, 0.1) is 0 Å². The van der Waals surface area contributed by atoms with Crippen molar-refractivity contribution in [2.45, 2.75) is 12.3 Å². The number of rotatable bonds is 2. The molecule has 0 aliphatic heterocycles. The van der Waals surface area contributed by atoms with Gasteiger partial charge in [0.15, 0.2) is 6.10 Å². The normalized spacial score (nSPS) is 13.5. The maximum absolute atomic E-state index is 12.8. The lowest BCUT2D eigenvalue weighted by atomic mass is 10.1. The molecule has 0 amide bonds. The van der Waals surface area contributed by atoms with Gasteiger partial charge in [-0.2, -0.15) is 13.2 Å². The first kappa shape index (κ1) is 13.4. The summed E-state index contributed by atoms with van der Waals surface area (Å²) in [7, 11) is 1.08. The number of alkyl halides is 3. The molecule has 4 nitrogen and oxygen atoms in total. The molecule has 0 fully saturated rings. The van der Waals surface area contributed by atoms with Crippen molar-refractivity contribution in [1.29, 1.82) is 0 Å². The Labute approximate surface area is 105 Å². The fraction of sp³-hybridized carbons (Fsp3) is 0.250. The lowest BCUT2D eigenvalue weighted by molar-refractivity contribution is -0.150. The zero-order valence-electron chi connectivity index (χ0n) is 9.78. The third-order valence-corrected chi connectivity index (χ3v) is 2.70. The lowest BCUT2D eigenvalue weighted by Gasteiger charge is -2.08. The molecule has 0 spiro atoms. The first-order valence-corrected chi connectivity index (χ1v) is 5.29. The van der Waals surface area contributed by atoms with Crippen LogP contribution in [0.2, 0.25) is 0 Å². The van der Waals surface area contributed by atoms with E-state index in [0.29, 0.717) is 0 Å². The van der Waals surface area contributed by atoms with Gasteiger partial charge in [-0.25, -0.2) is 4.79 Å². The summed E-state index contributed by atoms with van der Waals surface area (Å²) in [6, 6.07) is 4.92. The van der Waals surface area contributed by atoms with Crippen LogP contribution in [0.5, 0.6) is 0 Å². The predicted octanol–water partition coefficient (Wildman–Crippen LogP) is 2.39. The second-order valence-corrected chi connectivity index (χ2v) is 3.92. The van der Waals surface area contributed by atoms with Crippen molar-refractivity contribution in [3.63, 3.8) is 0 Å². The number of nitrogens with one attached hydrogen (secondary N) is 1. The van der Waals surface area contributed by atoms with Gasteiger partial charge < -0.3 is 14.8 Å². The summed E-state index contributed by atoms with van der Waals surface area (Å²) < 4.78 is 42.7. The Balaban J connectivity index is 2.55. The Morgan fingerprint density at radius 3 is 2.68 bits per heavy atom. The Bertz CT molecular complexity index is 618. The van der Waals surface area contributed by atoms with Gasteiger partial charge in [-0.15, -0.1) is 0 Å². The number of methoxy groups -OCH3 is 1. The van der Waals surface area contributed by atoms with Gasteiger partial charge in [0.25, 0.3) is 0 Å². The summed E-state index contributed by atoms with van der Waals surface area (Å²) in [6.45, 7) is 0. The van der Waals surface area contributed by atoms with E-state index in [4.69, 9.17) is 0 Å². The molecule has 102 valence electrons. The number of carbonyl (C=O) groups is 1. The molecule has 1 aromatic carbocycles. The number of aliphatic hydroxyl groups is 1. The molecule has 2 aromatic rings. The van der Waals surface area contributed by atoms with Crippen molar-refractivity contribution in [2.75, 3.05) is 7.11 Å². The molecule has 0 saturated carbocycles. The highest BCUT2D eigenvalue weighted by atomic mass is 19.4. The van der Waals surface area contributed by atoms with Gasteiger partial charge in [0, 0.05) is 5.39 Å². The van der Waals surface area contributed by atoms with E-state index in [1.165, 1.54) is 18.2 Å². The van der Waals surface area contributed by atoms with Crippen molar-refractivity contribution in [3.8, 4) is 0 Å². The molecule has 2 N–H and O–H groups in total. The SMILES string of the molecule is COC(=O)C(O)c1cc2cccc(C(F)(F)F)c2[nH]1. The topological polar surface area (TPSA) is 62.3 Å². The molecule has 7 heteroatoms. The fourth-order valence-electron chi connectivity index (χ4n) is 1.80. The van der Waals surface area contributed by atoms with Gasteiger partial charge in [-0.05, 0) is 12.1 Å². The molecule has 0 aliphatic rings. The maximum atomic E-state index is 12.8. The van der Waals surface area contributed by atoms with Crippen molar-refractivity contribution in [2.24, 2.45) is 0 Å². The minimum atomic E-state index is -4.52. The van der Waals surface area contributed by atoms with Crippen molar-refractivity contribution in [1.82, 2.24) is 4.98 Å². The van der Waals surface area contributed by atoms with Crippen LogP contribution in [-0.4, -0.2) is 23.2 Å². The first-order chi connectivity index (χ1) is 8.84. The molecular formula is C12H10F3NO3. The van der Waals surface area contributed by atoms with E-state index >= 15 is 0 Å². The highest BCUT2D eigenvalue weighted by Crippen LogP contribution is 2.35. The standard InChI is InChI=1S/C12H10F3NO3/c1-19-11(18)10(17)8-5-6-3-2-4-7(9(6)16-8)12(13,14)15/h2-5,10,16-17H,1H3. The number of halogens is 3. The fourth-order valence-corrected chi connectivity index (χ4v) is 1.80. The number of esters is 1. The van der Waals surface area contributed by atoms with Crippen LogP contribution in [0.15, 0.2) is 24.3 Å². The molecule has 0 saturated heterocycles. The van der Waals surface area contributed by atoms with Gasteiger partial charge in [-0.3, -0.25) is 0 Å². The van der Waals surface area contributed by atoms with Crippen LogP contribution < -0.4 is 0 Å². The molecule has 19 heavy (non-hydrogen) atoms. The first-order valence-electron chi connectivity index (χ1n) is 5.29. The summed E-state index contributed by atoms with van der Waals surface area (Å²) in [6.07, 6.45) is -6.16. The van der Waals surface area contributed by atoms with Crippen LogP contribution in [0.25, 0.3) is 10.9 Å². The van der Waals surface area contributed by atoms with E-state index in [-0.39, 0.29) is 16.6 Å². The number of H-pyrrole nitrogens is 1. The van der Waals surface area contributed by atoms with Crippen LogP contribution >= 0.6 is 0 Å². The van der Waals surface area contributed by atoms with Gasteiger partial charge in [0.05, 0.1) is 23.9 Å². The number of hydrogen-bond donors (Lipinski definition) is 2. The monoisotopic (exact) mass is 273 g/mol. The number of aromatic amines is 1. The minimum Gasteiger partial charge on any atom is -0.467 e. The van der Waals surface area contributed by atoms with E-state index in [1.807, 2.05) is 0 Å².